The number of nitrogens with zero attached hydrogens (tertiary/aromatic N) is 2. The van der Waals surface area contributed by atoms with Crippen molar-refractivity contribution in [2.24, 2.45) is 0 Å². The number of allylic oxidation sites excluding steroid dienone is 2. The monoisotopic (exact) mass is 183 g/mol. The van der Waals surface area contributed by atoms with Crippen molar-refractivity contribution in [3.63, 3.8) is 0 Å². The predicted molar refractivity (Wildman–Crippen MR) is 53.3 cm³/mol. The molecule has 67 valence electrons. The van der Waals surface area contributed by atoms with Gasteiger partial charge < -0.3 is 4.42 Å². The Morgan fingerprint density at radius 3 is 2.86 bits per heavy atom. The van der Waals surface area contributed by atoms with Crippen molar-refractivity contribution >= 4 is 16.8 Å². The molecule has 14 heavy (non-hydrogen) atoms. The molecular weight excluding hydrogens is 176 g/mol. The van der Waals surface area contributed by atoms with Gasteiger partial charge >= 0.3 is 0 Å². The number of fused-ring (bicyclic) bond motifs is 1. The van der Waals surface area contributed by atoms with Gasteiger partial charge in [-0.15, -0.1) is 0 Å². The Labute approximate surface area is 80.8 Å². The fourth-order valence-corrected chi connectivity index (χ4v) is 1.41. The first-order valence-electron chi connectivity index (χ1n) is 4.37. The van der Waals surface area contributed by atoms with E-state index in [9.17, 15) is 0 Å². The van der Waals surface area contributed by atoms with Gasteiger partial charge in [0.15, 0.2) is 5.58 Å². The van der Waals surface area contributed by atoms with Gasteiger partial charge in [0.25, 0.3) is 0 Å². The Bertz CT molecular complexity index is 504. The average molecular weight is 183 g/mol. The summed E-state index contributed by atoms with van der Waals surface area (Å²) in [4.78, 5) is 4.33. The molecule has 0 amide bonds. The number of hydrogen-bond donors (Lipinski definition) is 0. The van der Waals surface area contributed by atoms with Gasteiger partial charge in [-0.05, 0) is 24.3 Å². The summed E-state index contributed by atoms with van der Waals surface area (Å²) in [6.45, 7) is 0. The highest BCUT2D eigenvalue weighted by Crippen LogP contribution is 2.21. The molecule has 1 aromatic carbocycles. The van der Waals surface area contributed by atoms with Crippen molar-refractivity contribution in [1.29, 1.82) is 0 Å². The molecule has 0 N–H and O–H groups in total. The lowest BCUT2D eigenvalue weighted by molar-refractivity contribution is 0.580. The number of benzene rings is 1. The van der Waals surface area contributed by atoms with E-state index in [0.717, 1.165) is 16.8 Å². The minimum Gasteiger partial charge on any atom is -0.435 e. The van der Waals surface area contributed by atoms with Crippen molar-refractivity contribution < 1.29 is 4.42 Å². The lowest BCUT2D eigenvalue weighted by Crippen LogP contribution is -1.90. The average Bonchev–Trinajstić information content (AvgIpc) is 2.86. The van der Waals surface area contributed by atoms with Gasteiger partial charge in [-0.1, -0.05) is 12.1 Å². The third-order valence-corrected chi connectivity index (χ3v) is 2.07. The minimum absolute atomic E-state index is 0.580. The number of hydrogen-bond acceptors (Lipinski definition) is 2. The van der Waals surface area contributed by atoms with Crippen LogP contribution in [0.1, 0.15) is 5.89 Å². The van der Waals surface area contributed by atoms with Crippen molar-refractivity contribution in [2.75, 3.05) is 0 Å². The van der Waals surface area contributed by atoms with Crippen LogP contribution in [0.5, 0.6) is 0 Å². The second-order valence-corrected chi connectivity index (χ2v) is 3.01. The smallest absolute Gasteiger partial charge is 0.246 e. The van der Waals surface area contributed by atoms with E-state index in [0.29, 0.717) is 5.89 Å². The van der Waals surface area contributed by atoms with E-state index >= 15 is 0 Å². The summed E-state index contributed by atoms with van der Waals surface area (Å²) in [6, 6.07) is 7.68. The Morgan fingerprint density at radius 1 is 1.14 bits per heavy atom. The highest BCUT2D eigenvalue weighted by Gasteiger charge is 2.11. The Balaban J connectivity index is 2.15. The largest absolute Gasteiger partial charge is 0.435 e. The van der Waals surface area contributed by atoms with E-state index in [1.165, 1.54) is 0 Å². The molecule has 2 heterocycles. The van der Waals surface area contributed by atoms with Crippen molar-refractivity contribution in [3.8, 4) is 0 Å². The van der Waals surface area contributed by atoms with Crippen LogP contribution < -0.4 is 5.32 Å². The van der Waals surface area contributed by atoms with Crippen LogP contribution in [-0.2, 0) is 0 Å². The molecule has 1 radical (unpaired) electrons. The van der Waals surface area contributed by atoms with Gasteiger partial charge in [-0.3, -0.25) is 5.32 Å². The molecule has 0 spiro atoms. The fourth-order valence-electron chi connectivity index (χ4n) is 1.41. The van der Waals surface area contributed by atoms with E-state index in [2.05, 4.69) is 10.3 Å². The highest BCUT2D eigenvalue weighted by atomic mass is 16.3. The van der Waals surface area contributed by atoms with Crippen LogP contribution in [0.2, 0.25) is 0 Å². The Morgan fingerprint density at radius 2 is 2.07 bits per heavy atom. The maximum Gasteiger partial charge on any atom is 0.246 e. The summed E-state index contributed by atoms with van der Waals surface area (Å²) < 4.78 is 5.54. The van der Waals surface area contributed by atoms with Gasteiger partial charge in [0.1, 0.15) is 11.2 Å². The van der Waals surface area contributed by atoms with Crippen LogP contribution in [0.25, 0.3) is 16.8 Å². The fraction of sp³-hybridized carbons (Fsp3) is 0. The standard InChI is InChI=1S/C11H7N2O/c1-2-6-10-8(4-1)13-11(14-10)9-5-3-7-12-9/h1-7H. The molecule has 2 aromatic rings. The van der Waals surface area contributed by atoms with Crippen molar-refractivity contribution in [2.45, 2.75) is 0 Å². The molecule has 3 nitrogen and oxygen atoms in total. The van der Waals surface area contributed by atoms with E-state index in [-0.39, 0.29) is 0 Å². The topological polar surface area (TPSA) is 40.1 Å². The van der Waals surface area contributed by atoms with Gasteiger partial charge in [0.05, 0.1) is 0 Å². The van der Waals surface area contributed by atoms with Crippen LogP contribution in [0.15, 0.2) is 47.0 Å². The lowest BCUT2D eigenvalue weighted by atomic mass is 10.3. The summed E-state index contributed by atoms with van der Waals surface area (Å²) in [6.07, 6.45) is 5.47. The SMILES string of the molecule is C1=C[N]C(c2nc3ccccc3o2)=C1. The first-order valence-corrected chi connectivity index (χ1v) is 4.37. The quantitative estimate of drug-likeness (QED) is 0.680. The van der Waals surface area contributed by atoms with Gasteiger partial charge in [0.2, 0.25) is 5.89 Å². The molecule has 0 saturated carbocycles. The first-order chi connectivity index (χ1) is 6.93. The maximum absolute atomic E-state index is 5.54. The molecule has 0 saturated heterocycles. The Hall–Kier alpha value is -2.03. The van der Waals surface area contributed by atoms with E-state index in [1.54, 1.807) is 6.20 Å². The summed E-state index contributed by atoms with van der Waals surface area (Å²) in [5.74, 6) is 0.580. The van der Waals surface area contributed by atoms with Crippen LogP contribution in [0.3, 0.4) is 0 Å². The number of para-hydroxylation sites is 2. The van der Waals surface area contributed by atoms with Crippen LogP contribution in [0, 0.1) is 0 Å². The maximum atomic E-state index is 5.54. The predicted octanol–water partition coefficient (Wildman–Crippen LogP) is 2.30. The molecule has 0 bridgehead atoms. The third-order valence-electron chi connectivity index (χ3n) is 2.07. The Kier molecular flexibility index (Phi) is 1.44. The normalized spacial score (nSPS) is 14.4. The molecular formula is C11H7N2O. The zero-order valence-electron chi connectivity index (χ0n) is 7.34. The lowest BCUT2D eigenvalue weighted by Gasteiger charge is -1.91. The summed E-state index contributed by atoms with van der Waals surface area (Å²) in [7, 11) is 0. The molecule has 0 unspecified atom stereocenters. The van der Waals surface area contributed by atoms with Crippen LogP contribution in [0.4, 0.5) is 0 Å². The zero-order valence-corrected chi connectivity index (χ0v) is 7.34. The molecule has 1 aliphatic rings. The van der Waals surface area contributed by atoms with E-state index < -0.39 is 0 Å². The minimum atomic E-state index is 0.580. The second kappa shape index (κ2) is 2.73. The molecule has 1 aliphatic heterocycles. The molecule has 0 fully saturated rings. The van der Waals surface area contributed by atoms with Crippen LogP contribution >= 0.6 is 0 Å². The van der Waals surface area contributed by atoms with Crippen LogP contribution in [-0.4, -0.2) is 4.98 Å². The number of oxazole rings is 1. The van der Waals surface area contributed by atoms with Gasteiger partial charge in [-0.25, -0.2) is 4.98 Å². The van der Waals surface area contributed by atoms with Crippen molar-refractivity contribution in [3.05, 3.63) is 48.5 Å². The molecule has 1 aromatic heterocycles. The highest BCUT2D eigenvalue weighted by molar-refractivity contribution is 5.76. The molecule has 3 heteroatoms. The van der Waals surface area contributed by atoms with Gasteiger partial charge in [0, 0.05) is 6.20 Å². The summed E-state index contributed by atoms with van der Waals surface area (Å²) in [5.41, 5.74) is 2.44. The summed E-state index contributed by atoms with van der Waals surface area (Å²) in [5, 5.41) is 4.13. The molecule has 0 atom stereocenters. The van der Waals surface area contributed by atoms with E-state index in [1.807, 2.05) is 36.4 Å². The van der Waals surface area contributed by atoms with Gasteiger partial charge in [-0.2, -0.15) is 0 Å². The number of aromatic nitrogens is 1. The first kappa shape index (κ1) is 7.38. The molecule has 3 rings (SSSR count). The summed E-state index contributed by atoms with van der Waals surface area (Å²) >= 11 is 0. The second-order valence-electron chi connectivity index (χ2n) is 3.01. The molecule has 0 aliphatic carbocycles. The zero-order chi connectivity index (χ0) is 9.38. The van der Waals surface area contributed by atoms with Crippen molar-refractivity contribution in [1.82, 2.24) is 10.3 Å². The third kappa shape index (κ3) is 1.03. The van der Waals surface area contributed by atoms with E-state index in [4.69, 9.17) is 4.42 Å². The number of rotatable bonds is 1.